The second kappa shape index (κ2) is 13.8. The fourth-order valence-electron chi connectivity index (χ4n) is 3.43. The maximum atomic E-state index is 13.3. The Balaban J connectivity index is 2.03. The largest absolute Gasteiger partial charge is 0.460 e. The minimum Gasteiger partial charge on any atom is -0.460 e. The molecule has 0 aliphatic carbocycles. The van der Waals surface area contributed by atoms with Crippen molar-refractivity contribution >= 4 is 52.1 Å². The quantitative estimate of drug-likeness (QED) is 0.212. The first kappa shape index (κ1) is 34.3. The van der Waals surface area contributed by atoms with Crippen LogP contribution in [0.15, 0.2) is 23.0 Å². The Bertz CT molecular complexity index is 1170. The summed E-state index contributed by atoms with van der Waals surface area (Å²) < 4.78 is 16.0. The molecule has 0 aromatic carbocycles. The third-order valence-corrected chi connectivity index (χ3v) is 7.54. The molecule has 11 nitrogen and oxygen atoms in total. The van der Waals surface area contributed by atoms with Crippen LogP contribution in [0.25, 0.3) is 0 Å². The van der Waals surface area contributed by atoms with E-state index in [1.54, 1.807) is 62.3 Å². The number of ether oxygens (including phenoxy) is 3. The van der Waals surface area contributed by atoms with Gasteiger partial charge in [-0.05, 0) is 54.4 Å². The van der Waals surface area contributed by atoms with Crippen molar-refractivity contribution in [3.63, 3.8) is 0 Å². The van der Waals surface area contributed by atoms with E-state index in [2.05, 4.69) is 27.2 Å². The number of nitrogens with one attached hydrogen (secondary N) is 2. The van der Waals surface area contributed by atoms with E-state index in [0.29, 0.717) is 21.5 Å². The van der Waals surface area contributed by atoms with Crippen LogP contribution in [0.5, 0.6) is 0 Å². The molecule has 0 spiro atoms. The first-order chi connectivity index (χ1) is 18.8. The molecule has 228 valence electrons. The number of esters is 2. The number of aliphatic imine (C=N–C) groups is 1. The van der Waals surface area contributed by atoms with Crippen LogP contribution in [0.3, 0.4) is 0 Å². The number of carbonyl (C=O) groups is 4. The Morgan fingerprint density at radius 3 is 2.32 bits per heavy atom. The zero-order chi connectivity index (χ0) is 31.2. The van der Waals surface area contributed by atoms with E-state index in [9.17, 15) is 19.2 Å². The second-order valence-electron chi connectivity index (χ2n) is 12.2. The Kier molecular flexibility index (Phi) is 11.6. The van der Waals surface area contributed by atoms with Crippen LogP contribution in [-0.4, -0.2) is 68.6 Å². The standard InChI is InChI=1S/C28H42N4O7S2/c1-11-17(12-20(33)38-26(4,5)6)37-23(34)21(16(2)3)31-24(35)28(10)15-41-22(32-28)18-14-40-19(30-18)13-29-25(36)39-27(7,8)9/h11,14,16-17,21H,1,12-13,15H2,2-10H3,(H,29,36)(H,31,35)/t17-,21+,28+/m1/s1. The molecule has 41 heavy (non-hydrogen) atoms. The summed E-state index contributed by atoms with van der Waals surface area (Å²) in [5.74, 6) is -1.58. The van der Waals surface area contributed by atoms with Crippen molar-refractivity contribution in [2.24, 2.45) is 10.9 Å². The molecule has 0 radical (unpaired) electrons. The van der Waals surface area contributed by atoms with Gasteiger partial charge in [-0.2, -0.15) is 0 Å². The molecule has 2 rings (SSSR count). The van der Waals surface area contributed by atoms with Crippen LogP contribution in [0.1, 0.15) is 79.4 Å². The van der Waals surface area contributed by atoms with Crippen molar-refractivity contribution < 1.29 is 33.4 Å². The maximum absolute atomic E-state index is 13.3. The summed E-state index contributed by atoms with van der Waals surface area (Å²) in [6, 6.07) is -0.963. The first-order valence-electron chi connectivity index (χ1n) is 13.3. The number of aromatic nitrogens is 1. The van der Waals surface area contributed by atoms with E-state index < -0.39 is 52.8 Å². The lowest BCUT2D eigenvalue weighted by Gasteiger charge is -2.27. The van der Waals surface area contributed by atoms with Gasteiger partial charge in [0.15, 0.2) is 0 Å². The molecular formula is C28H42N4O7S2. The van der Waals surface area contributed by atoms with Gasteiger partial charge in [0, 0.05) is 11.1 Å². The first-order valence-corrected chi connectivity index (χ1v) is 15.2. The molecule has 0 saturated heterocycles. The zero-order valence-electron chi connectivity index (χ0n) is 25.3. The van der Waals surface area contributed by atoms with Crippen molar-refractivity contribution in [2.45, 2.75) is 104 Å². The lowest BCUT2D eigenvalue weighted by atomic mass is 10.0. The molecule has 0 saturated carbocycles. The van der Waals surface area contributed by atoms with Gasteiger partial charge in [-0.15, -0.1) is 23.1 Å². The molecule has 1 aliphatic heterocycles. The van der Waals surface area contributed by atoms with Gasteiger partial charge in [-0.3, -0.25) is 14.6 Å². The minimum absolute atomic E-state index is 0.184. The SMILES string of the molecule is C=C[C@H](CC(=O)OC(C)(C)C)OC(=O)[C@@H](NC(=O)[C@]1(C)CSC(c2csc(CNC(=O)OC(C)(C)C)n2)=N1)C(C)C. The van der Waals surface area contributed by atoms with Crippen molar-refractivity contribution in [3.8, 4) is 0 Å². The van der Waals surface area contributed by atoms with Gasteiger partial charge in [0.05, 0.1) is 13.0 Å². The summed E-state index contributed by atoms with van der Waals surface area (Å²) in [7, 11) is 0. The van der Waals surface area contributed by atoms with Crippen LogP contribution in [0.4, 0.5) is 4.79 Å². The molecule has 1 aromatic rings. The van der Waals surface area contributed by atoms with Crippen molar-refractivity contribution in [3.05, 3.63) is 28.7 Å². The smallest absolute Gasteiger partial charge is 0.408 e. The number of hydrogen-bond acceptors (Lipinski definition) is 11. The van der Waals surface area contributed by atoms with Gasteiger partial charge >= 0.3 is 18.0 Å². The predicted molar refractivity (Wildman–Crippen MR) is 160 cm³/mol. The van der Waals surface area contributed by atoms with Crippen LogP contribution in [-0.2, 0) is 35.1 Å². The predicted octanol–water partition coefficient (Wildman–Crippen LogP) is 4.39. The average Bonchev–Trinajstić information content (AvgIpc) is 3.45. The molecule has 1 aliphatic rings. The van der Waals surface area contributed by atoms with Crippen LogP contribution in [0, 0.1) is 5.92 Å². The summed E-state index contributed by atoms with van der Waals surface area (Å²) >= 11 is 2.75. The van der Waals surface area contributed by atoms with Crippen molar-refractivity contribution in [1.82, 2.24) is 15.6 Å². The number of alkyl carbamates (subject to hydrolysis) is 1. The van der Waals surface area contributed by atoms with Crippen molar-refractivity contribution in [2.75, 3.05) is 5.75 Å². The van der Waals surface area contributed by atoms with Crippen molar-refractivity contribution in [1.29, 1.82) is 0 Å². The third-order valence-electron chi connectivity index (χ3n) is 5.41. The monoisotopic (exact) mass is 610 g/mol. The second-order valence-corrected chi connectivity index (χ2v) is 14.1. The number of rotatable bonds is 11. The zero-order valence-corrected chi connectivity index (χ0v) is 26.9. The number of nitrogens with zero attached hydrogens (tertiary/aromatic N) is 2. The number of carbonyl (C=O) groups excluding carboxylic acids is 4. The molecule has 13 heteroatoms. The topological polar surface area (TPSA) is 145 Å². The molecule has 0 bridgehead atoms. The normalized spacial score (nSPS) is 18.6. The molecule has 3 atom stereocenters. The van der Waals surface area contributed by atoms with Gasteiger partial charge in [0.1, 0.15) is 44.6 Å². The Morgan fingerprint density at radius 2 is 1.76 bits per heavy atom. The van der Waals surface area contributed by atoms with E-state index in [0.717, 1.165) is 0 Å². The Labute approximate surface area is 250 Å². The highest BCUT2D eigenvalue weighted by Crippen LogP contribution is 2.32. The van der Waals surface area contributed by atoms with Gasteiger partial charge in [-0.1, -0.05) is 26.5 Å². The van der Waals surface area contributed by atoms with E-state index in [-0.39, 0.29) is 18.9 Å². The lowest BCUT2D eigenvalue weighted by molar-refractivity contribution is -0.161. The fourth-order valence-corrected chi connectivity index (χ4v) is 5.36. The summed E-state index contributed by atoms with van der Waals surface area (Å²) in [6.45, 7) is 19.7. The lowest BCUT2D eigenvalue weighted by Crippen LogP contribution is -2.53. The summed E-state index contributed by atoms with van der Waals surface area (Å²) in [5.41, 5.74) is -1.81. The summed E-state index contributed by atoms with van der Waals surface area (Å²) in [4.78, 5) is 59.7. The number of thioether (sulfide) groups is 1. The number of amides is 2. The Morgan fingerprint density at radius 1 is 1.12 bits per heavy atom. The molecule has 2 heterocycles. The third kappa shape index (κ3) is 11.1. The highest BCUT2D eigenvalue weighted by atomic mass is 32.2. The highest BCUT2D eigenvalue weighted by Gasteiger charge is 2.41. The molecular weight excluding hydrogens is 568 g/mol. The average molecular weight is 611 g/mol. The Hall–Kier alpha value is -2.93. The van der Waals surface area contributed by atoms with Crippen LogP contribution in [0.2, 0.25) is 0 Å². The van der Waals surface area contributed by atoms with E-state index in [4.69, 9.17) is 14.2 Å². The van der Waals surface area contributed by atoms with Gasteiger partial charge < -0.3 is 24.8 Å². The fraction of sp³-hybridized carbons (Fsp3) is 0.643. The summed E-state index contributed by atoms with van der Waals surface area (Å²) in [6.07, 6.45) is -0.261. The van der Waals surface area contributed by atoms with Crippen LogP contribution < -0.4 is 10.6 Å². The maximum Gasteiger partial charge on any atom is 0.408 e. The molecule has 1 aromatic heterocycles. The number of hydrogen-bond donors (Lipinski definition) is 2. The summed E-state index contributed by atoms with van der Waals surface area (Å²) in [5, 5.41) is 8.53. The van der Waals surface area contributed by atoms with Crippen LogP contribution >= 0.6 is 23.1 Å². The van der Waals surface area contributed by atoms with Gasteiger partial charge in [-0.25, -0.2) is 14.6 Å². The van der Waals surface area contributed by atoms with E-state index >= 15 is 0 Å². The van der Waals surface area contributed by atoms with E-state index in [1.165, 1.54) is 29.2 Å². The highest BCUT2D eigenvalue weighted by molar-refractivity contribution is 8.14. The van der Waals surface area contributed by atoms with E-state index in [1.807, 2.05) is 5.38 Å². The van der Waals surface area contributed by atoms with Gasteiger partial charge in [0.2, 0.25) is 5.91 Å². The van der Waals surface area contributed by atoms with Gasteiger partial charge in [0.25, 0.3) is 0 Å². The molecule has 0 fully saturated rings. The molecule has 0 unspecified atom stereocenters. The molecule has 2 N–H and O–H groups in total. The molecule has 2 amide bonds. The minimum atomic E-state index is -1.14. The number of thiazole rings is 1.